The molecular weight excluding hydrogens is 298 g/mol. The lowest BCUT2D eigenvalue weighted by molar-refractivity contribution is 0.0794. The van der Waals surface area contributed by atoms with E-state index in [1.807, 2.05) is 12.1 Å². The summed E-state index contributed by atoms with van der Waals surface area (Å²) in [5.74, 6) is 0.250. The van der Waals surface area contributed by atoms with Crippen LogP contribution in [0.4, 0.5) is 0 Å². The number of amides is 1. The summed E-state index contributed by atoms with van der Waals surface area (Å²) in [7, 11) is 1.53. The van der Waals surface area contributed by atoms with Crippen LogP contribution in [-0.4, -0.2) is 31.0 Å². The topological polar surface area (TPSA) is 77.1 Å². The third kappa shape index (κ3) is 3.22. The molecular formula is C12H10BrN3O2. The van der Waals surface area contributed by atoms with Crippen LogP contribution in [0.25, 0.3) is 0 Å². The number of methoxy groups -OCH3 is 1. The van der Waals surface area contributed by atoms with Crippen LogP contribution in [-0.2, 0) is 0 Å². The third-order valence-corrected chi connectivity index (χ3v) is 2.83. The van der Waals surface area contributed by atoms with E-state index in [9.17, 15) is 4.79 Å². The Kier molecular flexibility index (Phi) is 5.16. The van der Waals surface area contributed by atoms with Crippen LogP contribution >= 0.6 is 15.9 Å². The summed E-state index contributed by atoms with van der Waals surface area (Å²) in [6, 6.07) is 8.55. The Hall–Kier alpha value is -2.05. The van der Waals surface area contributed by atoms with Gasteiger partial charge in [0.25, 0.3) is 5.91 Å². The molecule has 0 radical (unpaired) electrons. The highest BCUT2D eigenvalue weighted by molar-refractivity contribution is 9.10. The second-order valence-electron chi connectivity index (χ2n) is 3.33. The number of nitriles is 2. The molecule has 0 unspecified atom stereocenters. The van der Waals surface area contributed by atoms with E-state index in [1.54, 1.807) is 18.2 Å². The molecule has 0 saturated heterocycles. The van der Waals surface area contributed by atoms with E-state index >= 15 is 0 Å². The van der Waals surface area contributed by atoms with Crippen molar-refractivity contribution in [2.75, 3.05) is 20.2 Å². The van der Waals surface area contributed by atoms with Crippen molar-refractivity contribution in [2.45, 2.75) is 0 Å². The predicted molar refractivity (Wildman–Crippen MR) is 67.8 cm³/mol. The second-order valence-corrected chi connectivity index (χ2v) is 4.18. The molecule has 0 atom stereocenters. The van der Waals surface area contributed by atoms with Gasteiger partial charge in [0, 0.05) is 5.56 Å². The monoisotopic (exact) mass is 307 g/mol. The number of halogens is 1. The first-order valence-electron chi connectivity index (χ1n) is 5.00. The van der Waals surface area contributed by atoms with Crippen molar-refractivity contribution < 1.29 is 9.53 Å². The smallest absolute Gasteiger partial charge is 0.255 e. The largest absolute Gasteiger partial charge is 0.496 e. The van der Waals surface area contributed by atoms with Gasteiger partial charge in [0.15, 0.2) is 0 Å². The Morgan fingerprint density at radius 3 is 2.44 bits per heavy atom. The molecule has 0 spiro atoms. The molecule has 1 aromatic carbocycles. The lowest BCUT2D eigenvalue weighted by atomic mass is 10.2. The number of carbonyl (C=O) groups is 1. The number of nitrogens with zero attached hydrogens (tertiary/aromatic N) is 3. The van der Waals surface area contributed by atoms with Gasteiger partial charge in [0.2, 0.25) is 0 Å². The van der Waals surface area contributed by atoms with Gasteiger partial charge in [-0.3, -0.25) is 4.79 Å². The maximum absolute atomic E-state index is 12.0. The first-order valence-corrected chi connectivity index (χ1v) is 5.80. The molecule has 1 rings (SSSR count). The van der Waals surface area contributed by atoms with Gasteiger partial charge in [-0.05, 0) is 34.1 Å². The van der Waals surface area contributed by atoms with Gasteiger partial charge in [-0.15, -0.1) is 0 Å². The molecule has 18 heavy (non-hydrogen) atoms. The fourth-order valence-corrected chi connectivity index (χ4v) is 1.89. The van der Waals surface area contributed by atoms with Crippen LogP contribution in [0.15, 0.2) is 22.7 Å². The van der Waals surface area contributed by atoms with E-state index in [2.05, 4.69) is 15.9 Å². The van der Waals surface area contributed by atoms with Gasteiger partial charge in [0.1, 0.15) is 18.8 Å². The Bertz CT molecular complexity index is 515. The van der Waals surface area contributed by atoms with Crippen LogP contribution in [0.5, 0.6) is 5.75 Å². The zero-order valence-corrected chi connectivity index (χ0v) is 11.3. The molecule has 0 aliphatic rings. The summed E-state index contributed by atoms with van der Waals surface area (Å²) in [6.45, 7) is -0.230. The first kappa shape index (κ1) is 14.0. The zero-order valence-electron chi connectivity index (χ0n) is 9.68. The lowest BCUT2D eigenvalue weighted by Crippen LogP contribution is -2.31. The second kappa shape index (κ2) is 6.63. The van der Waals surface area contributed by atoms with Crippen LogP contribution < -0.4 is 4.74 Å². The minimum Gasteiger partial charge on any atom is -0.496 e. The molecule has 0 N–H and O–H groups in total. The number of hydrogen-bond acceptors (Lipinski definition) is 4. The zero-order chi connectivity index (χ0) is 13.5. The Balaban J connectivity index is 2.99. The maximum Gasteiger partial charge on any atom is 0.255 e. The van der Waals surface area contributed by atoms with Crippen molar-refractivity contribution in [3.05, 3.63) is 28.2 Å². The molecule has 0 heterocycles. The summed E-state index contributed by atoms with van der Waals surface area (Å²) >= 11 is 3.28. The maximum atomic E-state index is 12.0. The molecule has 0 aromatic heterocycles. The fourth-order valence-electron chi connectivity index (χ4n) is 1.35. The first-order chi connectivity index (χ1) is 8.63. The Morgan fingerprint density at radius 2 is 2.00 bits per heavy atom. The molecule has 5 nitrogen and oxygen atoms in total. The molecule has 0 saturated carbocycles. The number of benzene rings is 1. The van der Waals surface area contributed by atoms with Crippen molar-refractivity contribution in [1.82, 2.24) is 4.90 Å². The van der Waals surface area contributed by atoms with E-state index in [1.165, 1.54) is 12.0 Å². The van der Waals surface area contributed by atoms with Crippen LogP contribution in [0.2, 0.25) is 0 Å². The molecule has 0 aliphatic heterocycles. The van der Waals surface area contributed by atoms with E-state index in [0.29, 0.717) is 15.8 Å². The summed E-state index contributed by atoms with van der Waals surface area (Å²) in [5.41, 5.74) is 0.396. The summed E-state index contributed by atoms with van der Waals surface area (Å²) in [5, 5.41) is 17.2. The van der Waals surface area contributed by atoms with Gasteiger partial charge in [-0.2, -0.15) is 10.5 Å². The minimum absolute atomic E-state index is 0.115. The molecule has 1 aromatic rings. The summed E-state index contributed by atoms with van der Waals surface area (Å²) < 4.78 is 5.70. The predicted octanol–water partition coefficient (Wildman–Crippen LogP) is 1.95. The van der Waals surface area contributed by atoms with Crippen molar-refractivity contribution in [2.24, 2.45) is 0 Å². The third-order valence-electron chi connectivity index (χ3n) is 2.21. The number of ether oxygens (including phenoxy) is 1. The molecule has 1 amide bonds. The van der Waals surface area contributed by atoms with Gasteiger partial charge in [0.05, 0.1) is 23.7 Å². The van der Waals surface area contributed by atoms with Crippen molar-refractivity contribution >= 4 is 21.8 Å². The van der Waals surface area contributed by atoms with Crippen LogP contribution in [0.1, 0.15) is 10.4 Å². The molecule has 92 valence electrons. The molecule has 0 aliphatic carbocycles. The minimum atomic E-state index is -0.360. The quantitative estimate of drug-likeness (QED) is 0.797. The highest BCUT2D eigenvalue weighted by Gasteiger charge is 2.16. The van der Waals surface area contributed by atoms with Gasteiger partial charge >= 0.3 is 0 Å². The SMILES string of the molecule is COc1ccc(C(=O)N(CC#N)CC#N)cc1Br. The molecule has 0 fully saturated rings. The van der Waals surface area contributed by atoms with Crippen molar-refractivity contribution in [3.63, 3.8) is 0 Å². The van der Waals surface area contributed by atoms with Gasteiger partial charge in [-0.1, -0.05) is 0 Å². The van der Waals surface area contributed by atoms with E-state index in [-0.39, 0.29) is 19.0 Å². The number of carbonyl (C=O) groups excluding carboxylic acids is 1. The fraction of sp³-hybridized carbons (Fsp3) is 0.250. The van der Waals surface area contributed by atoms with Gasteiger partial charge in [-0.25, -0.2) is 0 Å². The summed E-state index contributed by atoms with van der Waals surface area (Å²) in [4.78, 5) is 13.2. The average molecular weight is 308 g/mol. The normalized spacial score (nSPS) is 9.11. The van der Waals surface area contributed by atoms with Gasteiger partial charge < -0.3 is 9.64 Å². The van der Waals surface area contributed by atoms with Crippen molar-refractivity contribution in [3.8, 4) is 17.9 Å². The van der Waals surface area contributed by atoms with E-state index in [4.69, 9.17) is 15.3 Å². The highest BCUT2D eigenvalue weighted by atomic mass is 79.9. The number of rotatable bonds is 4. The highest BCUT2D eigenvalue weighted by Crippen LogP contribution is 2.25. The number of hydrogen-bond donors (Lipinski definition) is 0. The van der Waals surface area contributed by atoms with E-state index in [0.717, 1.165) is 0 Å². The molecule has 0 bridgehead atoms. The van der Waals surface area contributed by atoms with E-state index < -0.39 is 0 Å². The Labute approximate surface area is 113 Å². The average Bonchev–Trinajstić information content (AvgIpc) is 2.37. The lowest BCUT2D eigenvalue weighted by Gasteiger charge is -2.16. The van der Waals surface area contributed by atoms with Crippen LogP contribution in [0.3, 0.4) is 0 Å². The van der Waals surface area contributed by atoms with Crippen LogP contribution in [0, 0.1) is 22.7 Å². The standard InChI is InChI=1S/C12H10BrN3O2/c1-18-11-3-2-9(8-10(11)13)12(17)16(6-4-14)7-5-15/h2-3,8H,6-7H2,1H3. The van der Waals surface area contributed by atoms with Crippen molar-refractivity contribution in [1.29, 1.82) is 10.5 Å². The Morgan fingerprint density at radius 1 is 1.39 bits per heavy atom. The summed E-state index contributed by atoms with van der Waals surface area (Å²) in [6.07, 6.45) is 0. The molecule has 6 heteroatoms.